The Hall–Kier alpha value is -4.61. The number of urea groups is 1. The van der Waals surface area contributed by atoms with Crippen LogP contribution >= 0.6 is 0 Å². The largest absolute Gasteiger partial charge is 0.341 e. The van der Waals surface area contributed by atoms with Gasteiger partial charge in [-0.2, -0.15) is 0 Å². The summed E-state index contributed by atoms with van der Waals surface area (Å²) in [5, 5.41) is 19.5. The van der Waals surface area contributed by atoms with Crippen LogP contribution in [0.2, 0.25) is 0 Å². The third kappa shape index (κ3) is 6.66. The summed E-state index contributed by atoms with van der Waals surface area (Å²) in [6.45, 7) is 1.40. The second-order valence-corrected chi connectivity index (χ2v) is 13.2. The predicted octanol–water partition coefficient (Wildman–Crippen LogP) is 4.77. The fraction of sp³-hybridized carbons (Fsp3) is 0.500. The number of hydrogen-bond donors (Lipinski definition) is 3. The molecule has 0 unspecified atom stereocenters. The zero-order chi connectivity index (χ0) is 31.5. The predicted molar refractivity (Wildman–Crippen MR) is 174 cm³/mol. The van der Waals surface area contributed by atoms with E-state index in [4.69, 9.17) is 4.99 Å². The van der Waals surface area contributed by atoms with E-state index in [9.17, 15) is 14.4 Å². The second kappa shape index (κ2) is 13.4. The molecule has 4 fully saturated rings. The molecule has 3 N–H and O–H groups in total. The maximum Gasteiger partial charge on any atom is 0.321 e. The molecule has 2 aliphatic carbocycles. The fourth-order valence-electron chi connectivity index (χ4n) is 7.63. The summed E-state index contributed by atoms with van der Waals surface area (Å²) in [6.07, 6.45) is 10.0. The van der Waals surface area contributed by atoms with Gasteiger partial charge in [0.2, 0.25) is 12.1 Å². The molecule has 1 aromatic heterocycles. The number of aromatic amines is 1. The van der Waals surface area contributed by atoms with Crippen molar-refractivity contribution in [3.05, 3.63) is 54.1 Å². The summed E-state index contributed by atoms with van der Waals surface area (Å²) < 4.78 is 0. The molecule has 8 rings (SSSR count). The number of para-hydroxylation sites is 1. The van der Waals surface area contributed by atoms with Crippen LogP contribution in [-0.2, 0) is 9.59 Å². The van der Waals surface area contributed by atoms with Crippen molar-refractivity contribution in [2.45, 2.75) is 70.4 Å². The lowest BCUT2D eigenvalue weighted by molar-refractivity contribution is -0.132. The molecule has 0 spiro atoms. The minimum atomic E-state index is -1.19. The summed E-state index contributed by atoms with van der Waals surface area (Å²) in [4.78, 5) is 50.1. The van der Waals surface area contributed by atoms with Gasteiger partial charge in [0, 0.05) is 35.6 Å². The normalized spacial score (nSPS) is 23.3. The first-order valence-electron chi connectivity index (χ1n) is 16.7. The maximum absolute atomic E-state index is 14.3. The van der Waals surface area contributed by atoms with Gasteiger partial charge < -0.3 is 15.5 Å². The molecular weight excluding hydrogens is 582 g/mol. The Balaban J connectivity index is 1.16. The van der Waals surface area contributed by atoms with Crippen molar-refractivity contribution in [2.24, 2.45) is 22.7 Å². The number of rotatable bonds is 7. The molecule has 240 valence electrons. The van der Waals surface area contributed by atoms with E-state index in [1.54, 1.807) is 23.1 Å². The van der Waals surface area contributed by atoms with Gasteiger partial charge in [-0.3, -0.25) is 19.5 Å². The Kier molecular flexibility index (Phi) is 8.76. The van der Waals surface area contributed by atoms with Gasteiger partial charge in [-0.05, 0) is 78.5 Å². The molecule has 5 aliphatic rings. The molecular formula is C34H41N9O3. The van der Waals surface area contributed by atoms with E-state index in [2.05, 4.69) is 31.3 Å². The SMILES string of the molecule is O=C(Nc1cccc(-c2nnn[nH]2)c1)N[C@@H]1N=C(CC2CCCCC2)c2ccccc2N(CC(=O)N2CC3CCC(CC3)C2)C1=O. The van der Waals surface area contributed by atoms with Gasteiger partial charge in [0.1, 0.15) is 6.54 Å². The molecule has 2 aromatic carbocycles. The quantitative estimate of drug-likeness (QED) is 0.345. The van der Waals surface area contributed by atoms with Crippen molar-refractivity contribution in [1.29, 1.82) is 0 Å². The first-order valence-corrected chi connectivity index (χ1v) is 16.7. The van der Waals surface area contributed by atoms with Crippen molar-refractivity contribution in [3.63, 3.8) is 0 Å². The number of tetrazole rings is 1. The number of hydrogen-bond acceptors (Lipinski definition) is 7. The van der Waals surface area contributed by atoms with Crippen LogP contribution in [-0.4, -0.2) is 74.9 Å². The number of carbonyl (C=O) groups excluding carboxylic acids is 3. The summed E-state index contributed by atoms with van der Waals surface area (Å²) in [6, 6.07) is 14.2. The lowest BCUT2D eigenvalue weighted by atomic mass is 9.84. The number of fused-ring (bicyclic) bond motifs is 5. The van der Waals surface area contributed by atoms with Crippen molar-refractivity contribution >= 4 is 34.9 Å². The van der Waals surface area contributed by atoms with Crippen molar-refractivity contribution in [3.8, 4) is 11.4 Å². The van der Waals surface area contributed by atoms with Gasteiger partial charge in [-0.25, -0.2) is 9.89 Å². The molecule has 3 aromatic rings. The molecule has 1 atom stereocenters. The van der Waals surface area contributed by atoms with Crippen molar-refractivity contribution in [1.82, 2.24) is 30.8 Å². The fourth-order valence-corrected chi connectivity index (χ4v) is 7.63. The Morgan fingerprint density at radius 3 is 2.41 bits per heavy atom. The summed E-state index contributed by atoms with van der Waals surface area (Å²) in [5.74, 6) is 1.50. The molecule has 3 aliphatic heterocycles. The number of benzodiazepines with no additional fused rings is 1. The number of H-pyrrole nitrogens is 1. The van der Waals surface area contributed by atoms with Crippen molar-refractivity contribution < 1.29 is 14.4 Å². The number of amides is 4. The molecule has 2 bridgehead atoms. The lowest BCUT2D eigenvalue weighted by Gasteiger charge is -2.29. The maximum atomic E-state index is 14.3. The first kappa shape index (κ1) is 30.1. The first-order chi connectivity index (χ1) is 22.5. The number of carbonyl (C=O) groups is 3. The number of anilines is 2. The lowest BCUT2D eigenvalue weighted by Crippen LogP contribution is -2.51. The smallest absolute Gasteiger partial charge is 0.321 e. The van der Waals surface area contributed by atoms with Crippen LogP contribution in [0.5, 0.6) is 0 Å². The van der Waals surface area contributed by atoms with E-state index in [-0.39, 0.29) is 12.5 Å². The minimum Gasteiger partial charge on any atom is -0.341 e. The van der Waals surface area contributed by atoms with Crippen LogP contribution in [0.25, 0.3) is 11.4 Å². The molecule has 0 radical (unpaired) electrons. The third-order valence-electron chi connectivity index (χ3n) is 10.1. The highest BCUT2D eigenvalue weighted by atomic mass is 16.2. The zero-order valence-electron chi connectivity index (χ0n) is 26.0. The molecule has 2 saturated carbocycles. The van der Waals surface area contributed by atoms with Gasteiger partial charge in [-0.15, -0.1) is 5.10 Å². The van der Waals surface area contributed by atoms with Crippen LogP contribution in [0, 0.1) is 17.8 Å². The average molecular weight is 624 g/mol. The zero-order valence-corrected chi connectivity index (χ0v) is 26.0. The highest BCUT2D eigenvalue weighted by Gasteiger charge is 2.37. The molecule has 12 nitrogen and oxygen atoms in total. The van der Waals surface area contributed by atoms with Crippen molar-refractivity contribution in [2.75, 3.05) is 29.9 Å². The third-order valence-corrected chi connectivity index (χ3v) is 10.1. The Labute approximate surface area is 268 Å². The summed E-state index contributed by atoms with van der Waals surface area (Å²) in [7, 11) is 0. The molecule has 2 saturated heterocycles. The van der Waals surface area contributed by atoms with Gasteiger partial charge >= 0.3 is 6.03 Å². The summed E-state index contributed by atoms with van der Waals surface area (Å²) >= 11 is 0. The number of benzene rings is 2. The average Bonchev–Trinajstić information content (AvgIpc) is 3.41. The Morgan fingerprint density at radius 2 is 1.67 bits per heavy atom. The van der Waals surface area contributed by atoms with Gasteiger partial charge in [0.15, 0.2) is 5.82 Å². The second-order valence-electron chi connectivity index (χ2n) is 13.2. The van der Waals surface area contributed by atoms with Crippen LogP contribution in [0.1, 0.15) is 69.8 Å². The highest BCUT2D eigenvalue weighted by molar-refractivity contribution is 6.14. The van der Waals surface area contributed by atoms with E-state index in [0.29, 0.717) is 46.9 Å². The molecule has 46 heavy (non-hydrogen) atoms. The Morgan fingerprint density at radius 1 is 0.913 bits per heavy atom. The Bertz CT molecular complexity index is 1580. The van der Waals surface area contributed by atoms with Gasteiger partial charge in [0.05, 0.1) is 5.69 Å². The standard InChI is InChI=1S/C34H41N9O3/c44-30(42-19-23-13-14-24(20-42)16-15-23)21-43-29-12-5-4-11-27(29)28(17-22-7-2-1-3-8-22)36-32(33(43)45)37-34(46)35-26-10-6-9-25(18-26)31-38-40-41-39-31/h4-6,9-12,18,22-24,32H,1-3,7-8,13-17,19-21H2,(H2,35,37,46)(H,38,39,40,41)/t23?,24?,32-/m0/s1. The van der Waals surface area contributed by atoms with Gasteiger partial charge in [-0.1, -0.05) is 62.4 Å². The van der Waals surface area contributed by atoms with E-state index >= 15 is 0 Å². The number of nitrogens with zero attached hydrogens (tertiary/aromatic N) is 6. The van der Waals surface area contributed by atoms with Crippen LogP contribution in [0.3, 0.4) is 0 Å². The van der Waals surface area contributed by atoms with Crippen LogP contribution in [0.4, 0.5) is 16.2 Å². The number of nitrogens with one attached hydrogen (secondary N) is 3. The van der Waals surface area contributed by atoms with E-state index in [1.165, 1.54) is 19.3 Å². The van der Waals surface area contributed by atoms with Crippen LogP contribution < -0.4 is 15.5 Å². The molecule has 4 heterocycles. The number of aliphatic imine (C=N–C) groups is 1. The number of aromatic nitrogens is 4. The highest BCUT2D eigenvalue weighted by Crippen LogP contribution is 2.35. The molecule has 4 amide bonds. The van der Waals surface area contributed by atoms with E-state index < -0.39 is 18.1 Å². The summed E-state index contributed by atoms with van der Waals surface area (Å²) in [5.41, 5.74) is 3.52. The molecule has 12 heteroatoms. The van der Waals surface area contributed by atoms with E-state index in [0.717, 1.165) is 62.9 Å². The van der Waals surface area contributed by atoms with Gasteiger partial charge in [0.25, 0.3) is 5.91 Å². The minimum absolute atomic E-state index is 0.0559. The van der Waals surface area contributed by atoms with Crippen LogP contribution in [0.15, 0.2) is 53.5 Å². The topological polar surface area (TPSA) is 149 Å². The monoisotopic (exact) mass is 623 g/mol. The van der Waals surface area contributed by atoms with E-state index in [1.807, 2.05) is 35.2 Å².